The van der Waals surface area contributed by atoms with Gasteiger partial charge in [0, 0.05) is 6.42 Å². The summed E-state index contributed by atoms with van der Waals surface area (Å²) < 4.78 is 5.96. The van der Waals surface area contributed by atoms with Crippen molar-refractivity contribution in [3.05, 3.63) is 35.5 Å². The van der Waals surface area contributed by atoms with Gasteiger partial charge in [-0.1, -0.05) is 29.9 Å². The van der Waals surface area contributed by atoms with E-state index in [9.17, 15) is 4.79 Å². The highest BCUT2D eigenvalue weighted by Gasteiger charge is 2.51. The summed E-state index contributed by atoms with van der Waals surface area (Å²) in [4.78, 5) is 12.4. The number of rotatable bonds is 1. The highest BCUT2D eigenvalue weighted by molar-refractivity contribution is 5.95. The van der Waals surface area contributed by atoms with Gasteiger partial charge in [-0.15, -0.1) is 0 Å². The molecule has 0 amide bonds. The molecule has 0 bridgehead atoms. The third kappa shape index (κ3) is 4.42. The Hall–Kier alpha value is -1.15. The van der Waals surface area contributed by atoms with Crippen LogP contribution in [0.3, 0.4) is 0 Å². The van der Waals surface area contributed by atoms with Gasteiger partial charge in [0.25, 0.3) is 0 Å². The predicted octanol–water partition coefficient (Wildman–Crippen LogP) is 5.15. The van der Waals surface area contributed by atoms with Crippen molar-refractivity contribution in [2.24, 2.45) is 5.92 Å². The molecule has 0 aromatic rings. The summed E-state index contributed by atoms with van der Waals surface area (Å²) in [6.45, 7) is 12.5. The van der Waals surface area contributed by atoms with Gasteiger partial charge in [-0.3, -0.25) is 4.79 Å². The summed E-state index contributed by atoms with van der Waals surface area (Å²) in [6, 6.07) is 0. The topological polar surface area (TPSA) is 29.6 Å². The van der Waals surface area contributed by atoms with Crippen molar-refractivity contribution in [2.45, 2.75) is 77.9 Å². The van der Waals surface area contributed by atoms with Gasteiger partial charge >= 0.3 is 0 Å². The van der Waals surface area contributed by atoms with Gasteiger partial charge in [-0.05, 0) is 71.3 Å². The van der Waals surface area contributed by atoms with Crippen LogP contribution in [0, 0.1) is 5.92 Å². The molecule has 0 N–H and O–H groups in total. The van der Waals surface area contributed by atoms with Crippen molar-refractivity contribution >= 4 is 5.78 Å². The first-order chi connectivity index (χ1) is 10.3. The summed E-state index contributed by atoms with van der Waals surface area (Å²) in [5, 5.41) is 0. The maximum atomic E-state index is 12.4. The highest BCUT2D eigenvalue weighted by atomic mass is 16.6. The average Bonchev–Trinajstić information content (AvgIpc) is 3.07. The van der Waals surface area contributed by atoms with E-state index in [1.165, 1.54) is 5.57 Å². The van der Waals surface area contributed by atoms with Crippen LogP contribution in [0.2, 0.25) is 0 Å². The Kier molecular flexibility index (Phi) is 5.44. The number of carbonyl (C=O) groups excluding carboxylic acids is 1. The molecule has 22 heavy (non-hydrogen) atoms. The molecule has 0 unspecified atom stereocenters. The first-order valence-electron chi connectivity index (χ1n) is 8.50. The Balaban J connectivity index is 2.14. The van der Waals surface area contributed by atoms with Gasteiger partial charge in [0.1, 0.15) is 0 Å². The molecular formula is C20H30O2. The molecule has 2 aliphatic rings. The smallest absolute Gasteiger partial charge is 0.158 e. The van der Waals surface area contributed by atoms with Crippen LogP contribution >= 0.6 is 0 Å². The lowest BCUT2D eigenvalue weighted by molar-refractivity contribution is -0.116. The minimum atomic E-state index is 0.00251. The first-order valence-corrected chi connectivity index (χ1v) is 8.50. The lowest BCUT2D eigenvalue weighted by Gasteiger charge is -2.17. The van der Waals surface area contributed by atoms with Gasteiger partial charge in [-0.25, -0.2) is 0 Å². The summed E-state index contributed by atoms with van der Waals surface area (Å²) >= 11 is 0. The van der Waals surface area contributed by atoms with E-state index in [0.29, 0.717) is 6.42 Å². The lowest BCUT2D eigenvalue weighted by atomic mass is 9.85. The number of allylic oxidation sites excluding steroid dienone is 5. The molecule has 0 spiro atoms. The van der Waals surface area contributed by atoms with E-state index in [0.717, 1.165) is 43.3 Å². The molecular weight excluding hydrogens is 272 g/mol. The van der Waals surface area contributed by atoms with E-state index in [4.69, 9.17) is 4.74 Å². The van der Waals surface area contributed by atoms with Crippen LogP contribution in [0.5, 0.6) is 0 Å². The van der Waals surface area contributed by atoms with Crippen molar-refractivity contribution in [3.8, 4) is 0 Å². The fourth-order valence-electron chi connectivity index (χ4n) is 3.25. The van der Waals surface area contributed by atoms with Crippen LogP contribution in [0.1, 0.15) is 66.2 Å². The van der Waals surface area contributed by atoms with Crippen LogP contribution in [-0.4, -0.2) is 17.5 Å². The van der Waals surface area contributed by atoms with Gasteiger partial charge in [-0.2, -0.15) is 0 Å². The zero-order valence-corrected chi connectivity index (χ0v) is 14.6. The normalized spacial score (nSPS) is 38.8. The molecule has 2 nitrogen and oxygen atoms in total. The number of hydrogen-bond acceptors (Lipinski definition) is 2. The molecule has 1 aliphatic carbocycles. The number of ketones is 1. The molecule has 0 saturated carbocycles. The van der Waals surface area contributed by atoms with Crippen molar-refractivity contribution in [1.82, 2.24) is 0 Å². The molecule has 3 atom stereocenters. The Morgan fingerprint density at radius 1 is 1.32 bits per heavy atom. The lowest BCUT2D eigenvalue weighted by Crippen LogP contribution is -2.17. The van der Waals surface area contributed by atoms with E-state index in [2.05, 4.69) is 32.6 Å². The van der Waals surface area contributed by atoms with Crippen molar-refractivity contribution < 1.29 is 9.53 Å². The molecule has 0 aromatic heterocycles. The SMILES string of the molecule is C=C(C)[C@H]1CC(=O)/C(C)=C\CC/C(C)=C/CC[C@@]2(C)O[C@H]2C1. The zero-order chi connectivity index (χ0) is 16.3. The summed E-state index contributed by atoms with van der Waals surface area (Å²) in [6.07, 6.45) is 10.3. The van der Waals surface area contributed by atoms with Crippen LogP contribution in [0.15, 0.2) is 35.5 Å². The minimum absolute atomic E-state index is 0.00251. The largest absolute Gasteiger partial charge is 0.366 e. The van der Waals surface area contributed by atoms with Gasteiger partial charge < -0.3 is 4.74 Å². The molecule has 1 fully saturated rings. The number of ether oxygens (including phenoxy) is 1. The van der Waals surface area contributed by atoms with E-state index in [1.54, 1.807) is 0 Å². The van der Waals surface area contributed by atoms with Gasteiger partial charge in [0.05, 0.1) is 11.7 Å². The van der Waals surface area contributed by atoms with Crippen LogP contribution < -0.4 is 0 Å². The van der Waals surface area contributed by atoms with Gasteiger partial charge in [0.2, 0.25) is 0 Å². The molecule has 122 valence electrons. The Morgan fingerprint density at radius 3 is 2.73 bits per heavy atom. The maximum Gasteiger partial charge on any atom is 0.158 e. The quantitative estimate of drug-likeness (QED) is 0.495. The van der Waals surface area contributed by atoms with Gasteiger partial charge in [0.15, 0.2) is 5.78 Å². The second kappa shape index (κ2) is 6.95. The standard InChI is InChI=1S/C20H30O2/c1-14(2)17-12-18(21)16(4)10-6-8-15(3)9-7-11-20(5)19(13-17)22-20/h9-10,17,19H,1,6-8,11-13H2,2-5H3/b15-9+,16-10-/t17-,19-,20+/m0/s1. The van der Waals surface area contributed by atoms with Crippen molar-refractivity contribution in [1.29, 1.82) is 0 Å². The fraction of sp³-hybridized carbons (Fsp3) is 0.650. The minimum Gasteiger partial charge on any atom is -0.366 e. The predicted molar refractivity (Wildman–Crippen MR) is 91.8 cm³/mol. The number of Topliss-reactive ketones (excluding diaryl/α,β-unsaturated/α-hetero) is 1. The molecule has 2 heteroatoms. The third-order valence-corrected chi connectivity index (χ3v) is 5.23. The average molecular weight is 302 g/mol. The first kappa shape index (κ1) is 17.2. The van der Waals surface area contributed by atoms with E-state index in [-0.39, 0.29) is 23.4 Å². The van der Waals surface area contributed by atoms with E-state index < -0.39 is 0 Å². The third-order valence-electron chi connectivity index (χ3n) is 5.23. The molecule has 1 aliphatic heterocycles. The molecule has 0 radical (unpaired) electrons. The van der Waals surface area contributed by atoms with Crippen LogP contribution in [0.4, 0.5) is 0 Å². The molecule has 1 heterocycles. The van der Waals surface area contributed by atoms with E-state index in [1.807, 2.05) is 13.8 Å². The molecule has 1 saturated heterocycles. The van der Waals surface area contributed by atoms with Crippen molar-refractivity contribution in [3.63, 3.8) is 0 Å². The van der Waals surface area contributed by atoms with Crippen molar-refractivity contribution in [2.75, 3.05) is 0 Å². The second-order valence-corrected chi connectivity index (χ2v) is 7.34. The molecule has 2 rings (SSSR count). The Bertz CT molecular complexity index is 512. The van der Waals surface area contributed by atoms with Crippen LogP contribution in [0.25, 0.3) is 0 Å². The summed E-state index contributed by atoms with van der Waals surface area (Å²) in [5.74, 6) is 0.497. The highest BCUT2D eigenvalue weighted by Crippen LogP contribution is 2.45. The number of fused-ring (bicyclic) bond motifs is 1. The Labute approximate surface area is 135 Å². The molecule has 0 aromatic carbocycles. The summed E-state index contributed by atoms with van der Waals surface area (Å²) in [7, 11) is 0. The second-order valence-electron chi connectivity index (χ2n) is 7.34. The monoisotopic (exact) mass is 302 g/mol. The number of hydrogen-bond donors (Lipinski definition) is 0. The fourth-order valence-corrected chi connectivity index (χ4v) is 3.25. The maximum absolute atomic E-state index is 12.4. The van der Waals surface area contributed by atoms with E-state index >= 15 is 0 Å². The number of epoxide rings is 1. The van der Waals surface area contributed by atoms with Crippen LogP contribution in [-0.2, 0) is 9.53 Å². The number of carbonyl (C=O) groups is 1. The Morgan fingerprint density at radius 2 is 2.05 bits per heavy atom. The summed E-state index contributed by atoms with van der Waals surface area (Å²) in [5.41, 5.74) is 3.41. The zero-order valence-electron chi connectivity index (χ0n) is 14.6.